The summed E-state index contributed by atoms with van der Waals surface area (Å²) in [6.07, 6.45) is 1.74. The van der Waals surface area contributed by atoms with Gasteiger partial charge >= 0.3 is 0 Å². The number of benzene rings is 1. The van der Waals surface area contributed by atoms with E-state index in [1.54, 1.807) is 0 Å². The van der Waals surface area contributed by atoms with Crippen LogP contribution in [0, 0.1) is 11.8 Å². The third kappa shape index (κ3) is 1.73. The number of fused-ring (bicyclic) bond motifs is 1. The van der Waals surface area contributed by atoms with Gasteiger partial charge in [0.25, 0.3) is 0 Å². The molecule has 2 N–H and O–H groups in total. The molecule has 0 saturated carbocycles. The summed E-state index contributed by atoms with van der Waals surface area (Å²) in [5, 5.41) is 0. The van der Waals surface area contributed by atoms with Gasteiger partial charge in [0.15, 0.2) is 0 Å². The van der Waals surface area contributed by atoms with Crippen molar-refractivity contribution in [2.45, 2.75) is 12.8 Å². The Bertz CT molecular complexity index is 387. The molecule has 0 saturated heterocycles. The summed E-state index contributed by atoms with van der Waals surface area (Å²) in [5.41, 5.74) is 7.63. The summed E-state index contributed by atoms with van der Waals surface area (Å²) >= 11 is 0. The monoisotopic (exact) mass is 187 g/mol. The van der Waals surface area contributed by atoms with Crippen LogP contribution in [0.1, 0.15) is 17.5 Å². The van der Waals surface area contributed by atoms with Gasteiger partial charge in [0, 0.05) is 19.4 Å². The van der Waals surface area contributed by atoms with Gasteiger partial charge in [-0.2, -0.15) is 0 Å². The van der Waals surface area contributed by atoms with E-state index in [2.05, 4.69) is 17.9 Å². The van der Waals surface area contributed by atoms with Crippen LogP contribution < -0.4 is 10.5 Å². The lowest BCUT2D eigenvalue weighted by Gasteiger charge is -2.00. The van der Waals surface area contributed by atoms with Gasteiger partial charge in [-0.25, -0.2) is 0 Å². The maximum absolute atomic E-state index is 5.53. The number of hydrogen-bond donors (Lipinski definition) is 1. The predicted octanol–water partition coefficient (Wildman–Crippen LogP) is 1.32. The van der Waals surface area contributed by atoms with Crippen molar-refractivity contribution in [3.05, 3.63) is 29.3 Å². The molecule has 1 aliphatic rings. The van der Waals surface area contributed by atoms with Crippen molar-refractivity contribution in [3.8, 4) is 17.6 Å². The van der Waals surface area contributed by atoms with Crippen molar-refractivity contribution in [1.82, 2.24) is 0 Å². The van der Waals surface area contributed by atoms with Gasteiger partial charge in [-0.05, 0) is 11.6 Å². The van der Waals surface area contributed by atoms with Crippen LogP contribution in [-0.4, -0.2) is 13.2 Å². The molecule has 0 unspecified atom stereocenters. The van der Waals surface area contributed by atoms with E-state index in [0.717, 1.165) is 30.8 Å². The topological polar surface area (TPSA) is 35.2 Å². The smallest absolute Gasteiger partial charge is 0.138 e. The summed E-state index contributed by atoms with van der Waals surface area (Å²) in [6, 6.07) is 6.12. The maximum atomic E-state index is 5.53. The fourth-order valence-corrected chi connectivity index (χ4v) is 1.54. The second kappa shape index (κ2) is 4.17. The second-order valence-corrected chi connectivity index (χ2v) is 3.23. The van der Waals surface area contributed by atoms with Crippen molar-refractivity contribution < 1.29 is 4.74 Å². The molecule has 0 amide bonds. The van der Waals surface area contributed by atoms with E-state index in [4.69, 9.17) is 10.5 Å². The van der Waals surface area contributed by atoms with Gasteiger partial charge in [-0.3, -0.25) is 0 Å². The fourth-order valence-electron chi connectivity index (χ4n) is 1.54. The lowest BCUT2D eigenvalue weighted by Crippen LogP contribution is -1.95. The Labute approximate surface area is 84.1 Å². The first-order valence-corrected chi connectivity index (χ1v) is 4.85. The molecule has 14 heavy (non-hydrogen) atoms. The second-order valence-electron chi connectivity index (χ2n) is 3.23. The molecule has 0 spiro atoms. The normalized spacial score (nSPS) is 12.6. The van der Waals surface area contributed by atoms with Crippen LogP contribution >= 0.6 is 0 Å². The molecular formula is C12H13NO. The number of nitrogens with two attached hydrogens (primary N) is 1. The molecule has 0 aliphatic carbocycles. The third-order valence-electron chi connectivity index (χ3n) is 2.21. The minimum absolute atomic E-state index is 0.614. The van der Waals surface area contributed by atoms with Crippen LogP contribution in [0.15, 0.2) is 18.2 Å². The minimum atomic E-state index is 0.614. The predicted molar refractivity (Wildman–Crippen MR) is 56.2 cm³/mol. The summed E-state index contributed by atoms with van der Waals surface area (Å²) in [4.78, 5) is 0. The van der Waals surface area contributed by atoms with Gasteiger partial charge in [-0.15, -0.1) is 0 Å². The van der Waals surface area contributed by atoms with E-state index < -0.39 is 0 Å². The standard InChI is InChI=1S/C12H13NO/c13-8-2-1-4-10-5-3-6-11-7-9-14-12(10)11/h3,5-6H,2,7-9,13H2. The van der Waals surface area contributed by atoms with E-state index in [1.807, 2.05) is 12.1 Å². The van der Waals surface area contributed by atoms with E-state index in [-0.39, 0.29) is 0 Å². The van der Waals surface area contributed by atoms with Crippen molar-refractivity contribution >= 4 is 0 Å². The van der Waals surface area contributed by atoms with Gasteiger partial charge < -0.3 is 10.5 Å². The fraction of sp³-hybridized carbons (Fsp3) is 0.333. The summed E-state index contributed by atoms with van der Waals surface area (Å²) in [7, 11) is 0. The Balaban J connectivity index is 2.27. The first kappa shape index (κ1) is 9.11. The first-order chi connectivity index (χ1) is 6.92. The van der Waals surface area contributed by atoms with Crippen LogP contribution in [0.2, 0.25) is 0 Å². The Hall–Kier alpha value is -1.46. The van der Waals surface area contributed by atoms with Crippen LogP contribution in [0.3, 0.4) is 0 Å². The molecule has 0 atom stereocenters. The molecule has 2 nitrogen and oxygen atoms in total. The zero-order valence-corrected chi connectivity index (χ0v) is 8.05. The molecule has 72 valence electrons. The molecule has 2 heteroatoms. The number of ether oxygens (including phenoxy) is 1. The van der Waals surface area contributed by atoms with E-state index in [0.29, 0.717) is 6.54 Å². The molecular weight excluding hydrogens is 174 g/mol. The lowest BCUT2D eigenvalue weighted by atomic mass is 10.1. The van der Waals surface area contributed by atoms with Crippen molar-refractivity contribution in [1.29, 1.82) is 0 Å². The molecule has 1 aromatic carbocycles. The number of para-hydroxylation sites is 1. The summed E-state index contributed by atoms with van der Waals surface area (Å²) in [5.74, 6) is 7.09. The van der Waals surface area contributed by atoms with Gasteiger partial charge in [-0.1, -0.05) is 24.0 Å². The van der Waals surface area contributed by atoms with Crippen molar-refractivity contribution in [2.24, 2.45) is 5.73 Å². The highest BCUT2D eigenvalue weighted by Crippen LogP contribution is 2.28. The highest BCUT2D eigenvalue weighted by Gasteiger charge is 2.13. The summed E-state index contributed by atoms with van der Waals surface area (Å²) in [6.45, 7) is 1.40. The van der Waals surface area contributed by atoms with Gasteiger partial charge in [0.05, 0.1) is 12.2 Å². The number of hydrogen-bond acceptors (Lipinski definition) is 2. The molecule has 1 aromatic rings. The zero-order chi connectivity index (χ0) is 9.80. The van der Waals surface area contributed by atoms with E-state index in [1.165, 1.54) is 5.56 Å². The van der Waals surface area contributed by atoms with Crippen molar-refractivity contribution in [2.75, 3.05) is 13.2 Å². The summed E-state index contributed by atoms with van der Waals surface area (Å²) < 4.78 is 5.53. The van der Waals surface area contributed by atoms with E-state index in [9.17, 15) is 0 Å². The molecule has 0 fully saturated rings. The largest absolute Gasteiger partial charge is 0.492 e. The first-order valence-electron chi connectivity index (χ1n) is 4.85. The molecule has 0 bridgehead atoms. The average molecular weight is 187 g/mol. The van der Waals surface area contributed by atoms with Crippen LogP contribution in [0.25, 0.3) is 0 Å². The highest BCUT2D eigenvalue weighted by atomic mass is 16.5. The Kier molecular flexibility index (Phi) is 2.71. The Morgan fingerprint density at radius 1 is 1.43 bits per heavy atom. The Morgan fingerprint density at radius 3 is 3.21 bits per heavy atom. The average Bonchev–Trinajstić information content (AvgIpc) is 2.67. The quantitative estimate of drug-likeness (QED) is 0.673. The molecule has 1 aliphatic heterocycles. The highest BCUT2D eigenvalue weighted by molar-refractivity contribution is 5.52. The third-order valence-corrected chi connectivity index (χ3v) is 2.21. The molecule has 0 aromatic heterocycles. The van der Waals surface area contributed by atoms with Crippen LogP contribution in [-0.2, 0) is 6.42 Å². The van der Waals surface area contributed by atoms with Gasteiger partial charge in [0.2, 0.25) is 0 Å². The minimum Gasteiger partial charge on any atom is -0.492 e. The maximum Gasteiger partial charge on any atom is 0.138 e. The molecule has 2 rings (SSSR count). The van der Waals surface area contributed by atoms with Crippen LogP contribution in [0.4, 0.5) is 0 Å². The molecule has 0 radical (unpaired) electrons. The van der Waals surface area contributed by atoms with Gasteiger partial charge in [0.1, 0.15) is 5.75 Å². The molecule has 1 heterocycles. The number of rotatable bonds is 1. The zero-order valence-electron chi connectivity index (χ0n) is 8.05. The van der Waals surface area contributed by atoms with Crippen molar-refractivity contribution in [3.63, 3.8) is 0 Å². The Morgan fingerprint density at radius 2 is 2.36 bits per heavy atom. The van der Waals surface area contributed by atoms with Crippen LogP contribution in [0.5, 0.6) is 5.75 Å². The SMILES string of the molecule is NCCC#Cc1cccc2c1OCC2. The van der Waals surface area contributed by atoms with E-state index >= 15 is 0 Å². The lowest BCUT2D eigenvalue weighted by molar-refractivity contribution is 0.356.